The fourth-order valence-electron chi connectivity index (χ4n) is 1.99. The number of hydrogen-bond acceptors (Lipinski definition) is 4. The minimum absolute atomic E-state index is 0.292. The molecular weight excluding hydrogens is 264 g/mol. The second kappa shape index (κ2) is 4.48. The zero-order chi connectivity index (χ0) is 13.4. The van der Waals surface area contributed by atoms with Gasteiger partial charge >= 0.3 is 0 Å². The molecule has 3 rings (SSSR count). The second-order valence-corrected chi connectivity index (χ2v) is 4.62. The Bertz CT molecular complexity index is 731. The third-order valence-electron chi connectivity index (χ3n) is 2.82. The first kappa shape index (κ1) is 11.9. The molecule has 2 N–H and O–H groups in total. The number of rotatable bonds is 2. The summed E-state index contributed by atoms with van der Waals surface area (Å²) in [6.07, 6.45) is 0. The quantitative estimate of drug-likeness (QED) is 0.762. The van der Waals surface area contributed by atoms with Crippen LogP contribution in [0.5, 0.6) is 0 Å². The van der Waals surface area contributed by atoms with E-state index in [-0.39, 0.29) is 0 Å². The van der Waals surface area contributed by atoms with Gasteiger partial charge in [-0.05, 0) is 36.2 Å². The highest BCUT2D eigenvalue weighted by molar-refractivity contribution is 6.29. The van der Waals surface area contributed by atoms with Crippen LogP contribution in [0.1, 0.15) is 5.56 Å². The van der Waals surface area contributed by atoms with Crippen molar-refractivity contribution in [2.45, 2.75) is 6.92 Å². The largest absolute Gasteiger partial charge is 0.441 e. The summed E-state index contributed by atoms with van der Waals surface area (Å²) in [6, 6.07) is 11.3. The molecule has 0 bridgehead atoms. The molecule has 0 aliphatic carbocycles. The number of aryl methyl sites for hydroxylation is 1. The molecule has 0 aliphatic rings. The number of furan rings is 1. The number of nitrogens with two attached hydrogens (primary N) is 1. The minimum Gasteiger partial charge on any atom is -0.441 e. The Balaban J connectivity index is 2.19. The van der Waals surface area contributed by atoms with Crippen LogP contribution in [-0.4, -0.2) is 5.16 Å². The van der Waals surface area contributed by atoms with Crippen molar-refractivity contribution in [2.75, 3.05) is 5.73 Å². The Kier molecular flexibility index (Phi) is 2.80. The van der Waals surface area contributed by atoms with Crippen LogP contribution in [-0.2, 0) is 0 Å². The predicted molar refractivity (Wildman–Crippen MR) is 73.8 cm³/mol. The Morgan fingerprint density at radius 3 is 2.74 bits per heavy atom. The standard InChI is InChI=1S/C14H11ClN2O2/c1-8-3-2-4-9(7-8)12-13(19-17-14(12)16)10-5-6-11(15)18-10/h2-7H,1H3,(H2,16,17). The van der Waals surface area contributed by atoms with Gasteiger partial charge in [0.1, 0.15) is 0 Å². The lowest BCUT2D eigenvalue weighted by atomic mass is 10.0. The molecule has 4 nitrogen and oxygen atoms in total. The molecule has 0 aliphatic heterocycles. The fourth-order valence-corrected chi connectivity index (χ4v) is 2.13. The molecule has 0 unspecified atom stereocenters. The first-order valence-corrected chi connectivity index (χ1v) is 6.11. The summed E-state index contributed by atoms with van der Waals surface area (Å²) in [5.74, 6) is 1.31. The maximum Gasteiger partial charge on any atom is 0.212 e. The molecule has 3 aromatic rings. The SMILES string of the molecule is Cc1cccc(-c2c(N)noc2-c2ccc(Cl)o2)c1. The lowest BCUT2D eigenvalue weighted by molar-refractivity contribution is 0.421. The summed E-state index contributed by atoms with van der Waals surface area (Å²) < 4.78 is 10.6. The maximum atomic E-state index is 5.89. The maximum absolute atomic E-state index is 5.89. The van der Waals surface area contributed by atoms with Crippen LogP contribution >= 0.6 is 11.6 Å². The van der Waals surface area contributed by atoms with Gasteiger partial charge in [-0.15, -0.1) is 0 Å². The summed E-state index contributed by atoms with van der Waals surface area (Å²) in [7, 11) is 0. The van der Waals surface area contributed by atoms with Crippen LogP contribution in [0.2, 0.25) is 5.22 Å². The van der Waals surface area contributed by atoms with E-state index in [4.69, 9.17) is 26.3 Å². The van der Waals surface area contributed by atoms with E-state index in [0.29, 0.717) is 22.6 Å². The molecule has 0 saturated carbocycles. The van der Waals surface area contributed by atoms with Gasteiger partial charge in [0, 0.05) is 0 Å². The van der Waals surface area contributed by atoms with Crippen LogP contribution < -0.4 is 5.73 Å². The van der Waals surface area contributed by atoms with Gasteiger partial charge in [0.15, 0.2) is 16.8 Å². The topological polar surface area (TPSA) is 65.2 Å². The van der Waals surface area contributed by atoms with E-state index < -0.39 is 0 Å². The van der Waals surface area contributed by atoms with Gasteiger partial charge in [0.25, 0.3) is 0 Å². The number of nitrogen functional groups attached to an aromatic ring is 1. The molecule has 96 valence electrons. The number of anilines is 1. The van der Waals surface area contributed by atoms with Crippen molar-refractivity contribution < 1.29 is 8.94 Å². The van der Waals surface area contributed by atoms with Gasteiger partial charge in [0.2, 0.25) is 5.76 Å². The minimum atomic E-state index is 0.292. The molecule has 5 heteroatoms. The van der Waals surface area contributed by atoms with Gasteiger partial charge in [-0.2, -0.15) is 0 Å². The van der Waals surface area contributed by atoms with Crippen molar-refractivity contribution in [1.29, 1.82) is 0 Å². The van der Waals surface area contributed by atoms with Crippen LogP contribution in [0.4, 0.5) is 5.82 Å². The molecule has 19 heavy (non-hydrogen) atoms. The lowest BCUT2D eigenvalue weighted by Gasteiger charge is -2.02. The molecule has 2 aromatic heterocycles. The Morgan fingerprint density at radius 1 is 1.21 bits per heavy atom. The first-order chi connectivity index (χ1) is 9.15. The van der Waals surface area contributed by atoms with E-state index in [9.17, 15) is 0 Å². The van der Waals surface area contributed by atoms with Crippen molar-refractivity contribution >= 4 is 17.4 Å². The zero-order valence-electron chi connectivity index (χ0n) is 10.2. The van der Waals surface area contributed by atoms with Crippen molar-refractivity contribution in [3.8, 4) is 22.6 Å². The molecule has 1 aromatic carbocycles. The number of aromatic nitrogens is 1. The van der Waals surface area contributed by atoms with Crippen LogP contribution in [0.15, 0.2) is 45.3 Å². The summed E-state index contributed by atoms with van der Waals surface area (Å²) >= 11 is 5.78. The van der Waals surface area contributed by atoms with Crippen LogP contribution in [0, 0.1) is 6.92 Å². The van der Waals surface area contributed by atoms with Crippen molar-refractivity contribution in [1.82, 2.24) is 5.16 Å². The van der Waals surface area contributed by atoms with Gasteiger partial charge in [0.05, 0.1) is 5.56 Å². The monoisotopic (exact) mass is 274 g/mol. The molecule has 0 radical (unpaired) electrons. The number of benzene rings is 1. The number of hydrogen-bond donors (Lipinski definition) is 1. The summed E-state index contributed by atoms with van der Waals surface area (Å²) in [5, 5.41) is 4.10. The van der Waals surface area contributed by atoms with E-state index in [2.05, 4.69) is 5.16 Å². The fraction of sp³-hybridized carbons (Fsp3) is 0.0714. The van der Waals surface area contributed by atoms with E-state index in [1.54, 1.807) is 12.1 Å². The Hall–Kier alpha value is -2.20. The second-order valence-electron chi connectivity index (χ2n) is 4.25. The molecule has 0 spiro atoms. The Labute approximate surface area is 114 Å². The smallest absolute Gasteiger partial charge is 0.212 e. The van der Waals surface area contributed by atoms with Gasteiger partial charge in [-0.1, -0.05) is 35.0 Å². The van der Waals surface area contributed by atoms with E-state index in [1.165, 1.54) is 0 Å². The van der Waals surface area contributed by atoms with Gasteiger partial charge < -0.3 is 14.7 Å². The third kappa shape index (κ3) is 2.11. The number of halogens is 1. The molecular formula is C14H11ClN2O2. The Morgan fingerprint density at radius 2 is 2.05 bits per heavy atom. The van der Waals surface area contributed by atoms with Crippen molar-refractivity contribution in [2.24, 2.45) is 0 Å². The van der Waals surface area contributed by atoms with Crippen molar-refractivity contribution in [3.05, 3.63) is 47.2 Å². The van der Waals surface area contributed by atoms with E-state index in [1.807, 2.05) is 31.2 Å². The highest BCUT2D eigenvalue weighted by atomic mass is 35.5. The van der Waals surface area contributed by atoms with Crippen molar-refractivity contribution in [3.63, 3.8) is 0 Å². The van der Waals surface area contributed by atoms with Gasteiger partial charge in [-0.3, -0.25) is 0 Å². The zero-order valence-corrected chi connectivity index (χ0v) is 10.9. The van der Waals surface area contributed by atoms with Crippen LogP contribution in [0.25, 0.3) is 22.6 Å². The third-order valence-corrected chi connectivity index (χ3v) is 3.03. The highest BCUT2D eigenvalue weighted by Crippen LogP contribution is 2.38. The van der Waals surface area contributed by atoms with Gasteiger partial charge in [-0.25, -0.2) is 0 Å². The predicted octanol–water partition coefficient (Wildman–Crippen LogP) is 4.15. The molecule has 0 fully saturated rings. The molecule has 0 saturated heterocycles. The highest BCUT2D eigenvalue weighted by Gasteiger charge is 2.20. The summed E-state index contributed by atoms with van der Waals surface area (Å²) in [6.45, 7) is 2.01. The average molecular weight is 275 g/mol. The summed E-state index contributed by atoms with van der Waals surface area (Å²) in [4.78, 5) is 0. The molecule has 2 heterocycles. The average Bonchev–Trinajstić information content (AvgIpc) is 2.95. The molecule has 0 atom stereocenters. The number of nitrogens with zero attached hydrogens (tertiary/aromatic N) is 1. The van der Waals surface area contributed by atoms with Crippen LogP contribution in [0.3, 0.4) is 0 Å². The van der Waals surface area contributed by atoms with E-state index in [0.717, 1.165) is 16.7 Å². The van der Waals surface area contributed by atoms with E-state index >= 15 is 0 Å². The molecule has 0 amide bonds. The first-order valence-electron chi connectivity index (χ1n) is 5.73. The normalized spacial score (nSPS) is 10.8. The lowest BCUT2D eigenvalue weighted by Crippen LogP contribution is -1.88. The summed E-state index contributed by atoms with van der Waals surface area (Å²) in [5.41, 5.74) is 8.66.